The third kappa shape index (κ3) is 5.82. The van der Waals surface area contributed by atoms with Crippen LogP contribution in [0.1, 0.15) is 84.4 Å². The van der Waals surface area contributed by atoms with E-state index in [0.717, 1.165) is 12.5 Å². The van der Waals surface area contributed by atoms with Gasteiger partial charge in [0.2, 0.25) is 0 Å². The molecule has 0 fully saturated rings. The molecule has 0 heterocycles. The summed E-state index contributed by atoms with van der Waals surface area (Å²) in [6.45, 7) is 15.0. The Balaban J connectivity index is 3.02. The van der Waals surface area contributed by atoms with Crippen molar-refractivity contribution in [3.63, 3.8) is 0 Å². The standard InChI is InChI=1S/C20H35N/c1-7-11-16(3)15-19(21-14-8-2)17-12-9-10-13-18(17)20(4,5)6/h9-10,12-13,16,19,21H,7-8,11,14-15H2,1-6H3. The number of rotatable bonds is 8. The summed E-state index contributed by atoms with van der Waals surface area (Å²) in [7, 11) is 0. The number of nitrogens with one attached hydrogen (secondary N) is 1. The second-order valence-corrected chi connectivity index (χ2v) is 7.47. The molecule has 0 aliphatic rings. The van der Waals surface area contributed by atoms with Crippen molar-refractivity contribution in [3.05, 3.63) is 35.4 Å². The van der Waals surface area contributed by atoms with Crippen LogP contribution in [0, 0.1) is 5.92 Å². The fourth-order valence-corrected chi connectivity index (χ4v) is 3.14. The van der Waals surface area contributed by atoms with Gasteiger partial charge in [-0.15, -0.1) is 0 Å². The maximum Gasteiger partial charge on any atom is 0.0325 e. The zero-order chi connectivity index (χ0) is 15.9. The lowest BCUT2D eigenvalue weighted by molar-refractivity contribution is 0.385. The highest BCUT2D eigenvalue weighted by atomic mass is 14.9. The van der Waals surface area contributed by atoms with Gasteiger partial charge in [-0.05, 0) is 41.8 Å². The Morgan fingerprint density at radius 3 is 2.29 bits per heavy atom. The molecular weight excluding hydrogens is 254 g/mol. The molecule has 0 saturated carbocycles. The van der Waals surface area contributed by atoms with Crippen molar-refractivity contribution in [1.82, 2.24) is 5.32 Å². The summed E-state index contributed by atoms with van der Waals surface area (Å²) in [6.07, 6.45) is 5.03. The first-order chi connectivity index (χ1) is 9.90. The van der Waals surface area contributed by atoms with Crippen LogP contribution in [0.2, 0.25) is 0 Å². The van der Waals surface area contributed by atoms with Gasteiger partial charge in [-0.25, -0.2) is 0 Å². The van der Waals surface area contributed by atoms with Crippen LogP contribution >= 0.6 is 0 Å². The summed E-state index contributed by atoms with van der Waals surface area (Å²) in [4.78, 5) is 0. The van der Waals surface area contributed by atoms with E-state index >= 15 is 0 Å². The lowest BCUT2D eigenvalue weighted by atomic mass is 9.80. The van der Waals surface area contributed by atoms with Crippen LogP contribution in [-0.2, 0) is 5.41 Å². The molecule has 120 valence electrons. The smallest absolute Gasteiger partial charge is 0.0325 e. The van der Waals surface area contributed by atoms with Crippen molar-refractivity contribution in [2.45, 2.75) is 78.7 Å². The third-order valence-electron chi connectivity index (χ3n) is 4.20. The Morgan fingerprint density at radius 2 is 1.71 bits per heavy atom. The minimum Gasteiger partial charge on any atom is -0.310 e. The molecule has 1 nitrogen and oxygen atoms in total. The molecule has 0 spiro atoms. The Kier molecular flexibility index (Phi) is 7.45. The minimum atomic E-state index is 0.205. The zero-order valence-corrected chi connectivity index (χ0v) is 15.0. The molecule has 0 aliphatic heterocycles. The fraction of sp³-hybridized carbons (Fsp3) is 0.700. The van der Waals surface area contributed by atoms with E-state index < -0.39 is 0 Å². The quantitative estimate of drug-likeness (QED) is 0.633. The molecule has 2 unspecified atom stereocenters. The Morgan fingerprint density at radius 1 is 1.05 bits per heavy atom. The van der Waals surface area contributed by atoms with E-state index in [1.165, 1.54) is 36.8 Å². The molecular formula is C20H35N. The first-order valence-corrected chi connectivity index (χ1v) is 8.72. The topological polar surface area (TPSA) is 12.0 Å². The van der Waals surface area contributed by atoms with Crippen molar-refractivity contribution in [2.24, 2.45) is 5.92 Å². The van der Waals surface area contributed by atoms with E-state index in [0.29, 0.717) is 6.04 Å². The van der Waals surface area contributed by atoms with Gasteiger partial charge in [0.1, 0.15) is 0 Å². The van der Waals surface area contributed by atoms with Crippen molar-refractivity contribution in [2.75, 3.05) is 6.54 Å². The molecule has 1 heteroatoms. The van der Waals surface area contributed by atoms with Gasteiger partial charge < -0.3 is 5.32 Å². The highest BCUT2D eigenvalue weighted by Gasteiger charge is 2.23. The number of benzene rings is 1. The zero-order valence-electron chi connectivity index (χ0n) is 15.0. The lowest BCUT2D eigenvalue weighted by Gasteiger charge is -2.29. The highest BCUT2D eigenvalue weighted by Crippen LogP contribution is 2.33. The van der Waals surface area contributed by atoms with Crippen molar-refractivity contribution >= 4 is 0 Å². The van der Waals surface area contributed by atoms with Gasteiger partial charge in [0.05, 0.1) is 0 Å². The van der Waals surface area contributed by atoms with Gasteiger partial charge in [-0.2, -0.15) is 0 Å². The second-order valence-electron chi connectivity index (χ2n) is 7.47. The summed E-state index contributed by atoms with van der Waals surface area (Å²) in [6, 6.07) is 9.49. The predicted octanol–water partition coefficient (Wildman–Crippen LogP) is 5.85. The molecule has 1 N–H and O–H groups in total. The van der Waals surface area contributed by atoms with Crippen molar-refractivity contribution in [3.8, 4) is 0 Å². The van der Waals surface area contributed by atoms with Gasteiger partial charge in [-0.3, -0.25) is 0 Å². The van der Waals surface area contributed by atoms with Crippen LogP contribution in [0.3, 0.4) is 0 Å². The molecule has 2 atom stereocenters. The van der Waals surface area contributed by atoms with Crippen LogP contribution in [0.4, 0.5) is 0 Å². The van der Waals surface area contributed by atoms with Crippen LogP contribution in [0.5, 0.6) is 0 Å². The monoisotopic (exact) mass is 289 g/mol. The van der Waals surface area contributed by atoms with E-state index in [4.69, 9.17) is 0 Å². The first kappa shape index (κ1) is 18.2. The van der Waals surface area contributed by atoms with Crippen LogP contribution in [-0.4, -0.2) is 6.54 Å². The second kappa shape index (κ2) is 8.58. The Labute approximate surface area is 132 Å². The summed E-state index contributed by atoms with van der Waals surface area (Å²) >= 11 is 0. The van der Waals surface area contributed by atoms with Gasteiger partial charge in [-0.1, -0.05) is 78.6 Å². The SMILES string of the molecule is CCCNC(CC(C)CCC)c1ccccc1C(C)(C)C. The molecule has 0 saturated heterocycles. The predicted molar refractivity (Wildman–Crippen MR) is 94.9 cm³/mol. The molecule has 0 radical (unpaired) electrons. The molecule has 1 aromatic rings. The van der Waals surface area contributed by atoms with E-state index in [1.807, 2.05) is 0 Å². The molecule has 0 aromatic heterocycles. The number of hydrogen-bond donors (Lipinski definition) is 1. The summed E-state index contributed by atoms with van der Waals surface area (Å²) < 4.78 is 0. The summed E-state index contributed by atoms with van der Waals surface area (Å²) in [5, 5.41) is 3.79. The molecule has 1 rings (SSSR count). The molecule has 0 bridgehead atoms. The van der Waals surface area contributed by atoms with Crippen LogP contribution in [0.15, 0.2) is 24.3 Å². The Hall–Kier alpha value is -0.820. The average molecular weight is 290 g/mol. The van der Waals surface area contributed by atoms with E-state index in [1.54, 1.807) is 0 Å². The molecule has 0 aliphatic carbocycles. The maximum absolute atomic E-state index is 3.79. The van der Waals surface area contributed by atoms with E-state index in [2.05, 4.69) is 71.1 Å². The first-order valence-electron chi connectivity index (χ1n) is 8.72. The highest BCUT2D eigenvalue weighted by molar-refractivity contribution is 5.35. The summed E-state index contributed by atoms with van der Waals surface area (Å²) in [5.74, 6) is 0.775. The Bertz CT molecular complexity index is 403. The van der Waals surface area contributed by atoms with Gasteiger partial charge in [0.25, 0.3) is 0 Å². The lowest BCUT2D eigenvalue weighted by Crippen LogP contribution is -2.27. The average Bonchev–Trinajstić information content (AvgIpc) is 2.43. The van der Waals surface area contributed by atoms with Crippen LogP contribution in [0.25, 0.3) is 0 Å². The largest absolute Gasteiger partial charge is 0.310 e. The molecule has 1 aromatic carbocycles. The normalized spacial score (nSPS) is 15.0. The fourth-order valence-electron chi connectivity index (χ4n) is 3.14. The van der Waals surface area contributed by atoms with E-state index in [-0.39, 0.29) is 5.41 Å². The van der Waals surface area contributed by atoms with E-state index in [9.17, 15) is 0 Å². The van der Waals surface area contributed by atoms with Gasteiger partial charge in [0, 0.05) is 6.04 Å². The number of hydrogen-bond acceptors (Lipinski definition) is 1. The van der Waals surface area contributed by atoms with Crippen LogP contribution < -0.4 is 5.32 Å². The van der Waals surface area contributed by atoms with Crippen molar-refractivity contribution in [1.29, 1.82) is 0 Å². The summed E-state index contributed by atoms with van der Waals surface area (Å²) in [5.41, 5.74) is 3.19. The molecule has 0 amide bonds. The molecule has 21 heavy (non-hydrogen) atoms. The minimum absolute atomic E-state index is 0.205. The van der Waals surface area contributed by atoms with Gasteiger partial charge >= 0.3 is 0 Å². The maximum atomic E-state index is 3.79. The van der Waals surface area contributed by atoms with Crippen molar-refractivity contribution < 1.29 is 0 Å². The third-order valence-corrected chi connectivity index (χ3v) is 4.20. The van der Waals surface area contributed by atoms with Gasteiger partial charge in [0.15, 0.2) is 0 Å².